The topological polar surface area (TPSA) is 73.8 Å². The summed E-state index contributed by atoms with van der Waals surface area (Å²) in [6.07, 6.45) is 3.20. The van der Waals surface area contributed by atoms with Gasteiger partial charge in [-0.3, -0.25) is 4.79 Å². The van der Waals surface area contributed by atoms with Gasteiger partial charge in [0.05, 0.1) is 10.9 Å². The van der Waals surface area contributed by atoms with Gasteiger partial charge in [0.15, 0.2) is 5.82 Å². The third-order valence-electron chi connectivity index (χ3n) is 5.68. The van der Waals surface area contributed by atoms with Crippen LogP contribution in [-0.2, 0) is 12.7 Å². The van der Waals surface area contributed by atoms with Gasteiger partial charge >= 0.3 is 6.18 Å². The van der Waals surface area contributed by atoms with E-state index >= 15 is 0 Å². The molecule has 0 amide bonds. The van der Waals surface area contributed by atoms with Crippen molar-refractivity contribution >= 4 is 16.6 Å². The van der Waals surface area contributed by atoms with E-state index in [4.69, 9.17) is 5.73 Å². The first-order valence-corrected chi connectivity index (χ1v) is 9.77. The highest BCUT2D eigenvalue weighted by molar-refractivity contribution is 5.86. The second-order valence-corrected chi connectivity index (χ2v) is 7.66. The molecule has 0 atom stereocenters. The number of aromatic nitrogens is 3. The van der Waals surface area contributed by atoms with Crippen molar-refractivity contribution in [2.45, 2.75) is 44.8 Å². The van der Waals surface area contributed by atoms with Crippen LogP contribution in [0, 0.1) is 11.7 Å². The summed E-state index contributed by atoms with van der Waals surface area (Å²) >= 11 is 0. The average Bonchev–Trinajstić information content (AvgIpc) is 3.20. The van der Waals surface area contributed by atoms with E-state index in [1.54, 1.807) is 16.8 Å². The Balaban J connectivity index is 1.68. The molecule has 2 heterocycles. The number of nitrogens with two attached hydrogens (primary N) is 1. The standard InChI is InChI=1S/C21H20F4N4O/c22-17-10-14-13(6-8-29(20(14)30)7-5-12-3-1-2-4-12)9-15(17)19-27-11-16(18(26)28-19)21(23,24)25/h6,8-12H,1-5,7H2,(H2,26,27,28). The summed E-state index contributed by atoms with van der Waals surface area (Å²) in [5.41, 5.74) is 3.79. The maximum Gasteiger partial charge on any atom is 0.421 e. The molecule has 3 aromatic rings. The molecule has 0 aliphatic heterocycles. The SMILES string of the molecule is Nc1nc(-c2cc3ccn(CCC4CCCC4)c(=O)c3cc2F)ncc1C(F)(F)F. The molecule has 0 unspecified atom stereocenters. The number of rotatable bonds is 4. The predicted molar refractivity (Wildman–Crippen MR) is 105 cm³/mol. The van der Waals surface area contributed by atoms with E-state index in [0.29, 0.717) is 24.0 Å². The van der Waals surface area contributed by atoms with Crippen molar-refractivity contribution in [3.63, 3.8) is 0 Å². The fourth-order valence-corrected chi connectivity index (χ4v) is 4.02. The van der Waals surface area contributed by atoms with Crippen LogP contribution in [0.2, 0.25) is 0 Å². The van der Waals surface area contributed by atoms with Crippen molar-refractivity contribution in [1.29, 1.82) is 0 Å². The van der Waals surface area contributed by atoms with Gasteiger partial charge in [-0.05, 0) is 35.9 Å². The third-order valence-corrected chi connectivity index (χ3v) is 5.68. The number of alkyl halides is 3. The fraction of sp³-hybridized carbons (Fsp3) is 0.381. The molecule has 0 saturated heterocycles. The first kappa shape index (κ1) is 20.3. The molecule has 1 aliphatic carbocycles. The van der Waals surface area contributed by atoms with Gasteiger partial charge < -0.3 is 10.3 Å². The molecule has 0 spiro atoms. The van der Waals surface area contributed by atoms with Crippen LogP contribution in [0.1, 0.15) is 37.7 Å². The van der Waals surface area contributed by atoms with Gasteiger partial charge in [0, 0.05) is 18.9 Å². The number of fused-ring (bicyclic) bond motifs is 1. The van der Waals surface area contributed by atoms with E-state index < -0.39 is 23.4 Å². The number of anilines is 1. The lowest BCUT2D eigenvalue weighted by molar-refractivity contribution is -0.137. The van der Waals surface area contributed by atoms with Crippen LogP contribution < -0.4 is 11.3 Å². The highest BCUT2D eigenvalue weighted by atomic mass is 19.4. The van der Waals surface area contributed by atoms with Crippen LogP contribution in [0.5, 0.6) is 0 Å². The monoisotopic (exact) mass is 420 g/mol. The first-order chi connectivity index (χ1) is 14.2. The molecule has 0 bridgehead atoms. The van der Waals surface area contributed by atoms with Gasteiger partial charge in [-0.25, -0.2) is 14.4 Å². The van der Waals surface area contributed by atoms with E-state index in [1.807, 2.05) is 0 Å². The second kappa shape index (κ2) is 7.70. The Kier molecular flexibility index (Phi) is 5.21. The highest BCUT2D eigenvalue weighted by Crippen LogP contribution is 2.33. The summed E-state index contributed by atoms with van der Waals surface area (Å²) in [6.45, 7) is 0.571. The number of nitrogens with zero attached hydrogens (tertiary/aromatic N) is 3. The van der Waals surface area contributed by atoms with Crippen molar-refractivity contribution in [3.05, 3.63) is 52.3 Å². The smallest absolute Gasteiger partial charge is 0.383 e. The van der Waals surface area contributed by atoms with E-state index in [2.05, 4.69) is 9.97 Å². The Labute approximate surface area is 169 Å². The molecular formula is C21H20F4N4O. The zero-order valence-corrected chi connectivity index (χ0v) is 16.0. The maximum atomic E-state index is 14.7. The molecule has 0 radical (unpaired) electrons. The van der Waals surface area contributed by atoms with Gasteiger partial charge in [0.2, 0.25) is 0 Å². The highest BCUT2D eigenvalue weighted by Gasteiger charge is 2.34. The molecule has 1 saturated carbocycles. The molecule has 2 N–H and O–H groups in total. The maximum absolute atomic E-state index is 14.7. The minimum atomic E-state index is -4.70. The molecule has 158 valence electrons. The Bertz CT molecular complexity index is 1150. The van der Waals surface area contributed by atoms with Gasteiger partial charge in [0.1, 0.15) is 17.2 Å². The lowest BCUT2D eigenvalue weighted by Crippen LogP contribution is -2.20. The van der Waals surface area contributed by atoms with Crippen molar-refractivity contribution in [1.82, 2.24) is 14.5 Å². The molecule has 30 heavy (non-hydrogen) atoms. The van der Waals surface area contributed by atoms with E-state index in [9.17, 15) is 22.4 Å². The van der Waals surface area contributed by atoms with Crippen LogP contribution in [0.3, 0.4) is 0 Å². The molecule has 1 aliphatic rings. The van der Waals surface area contributed by atoms with Crippen molar-refractivity contribution in [2.75, 3.05) is 5.73 Å². The number of nitrogen functional groups attached to an aromatic ring is 1. The lowest BCUT2D eigenvalue weighted by Gasteiger charge is -2.13. The molecule has 9 heteroatoms. The third kappa shape index (κ3) is 3.88. The summed E-state index contributed by atoms with van der Waals surface area (Å²) in [7, 11) is 0. The molecule has 1 fully saturated rings. The Morgan fingerprint density at radius 1 is 1.20 bits per heavy atom. The zero-order valence-electron chi connectivity index (χ0n) is 16.0. The second-order valence-electron chi connectivity index (χ2n) is 7.66. The number of pyridine rings is 1. The molecule has 4 rings (SSSR count). The van der Waals surface area contributed by atoms with Crippen LogP contribution in [0.4, 0.5) is 23.4 Å². The molecular weight excluding hydrogens is 400 g/mol. The van der Waals surface area contributed by atoms with Gasteiger partial charge in [-0.15, -0.1) is 0 Å². The summed E-state index contributed by atoms with van der Waals surface area (Å²) in [4.78, 5) is 20.0. The van der Waals surface area contributed by atoms with Crippen molar-refractivity contribution in [2.24, 2.45) is 5.92 Å². The molecule has 5 nitrogen and oxygen atoms in total. The lowest BCUT2D eigenvalue weighted by atomic mass is 10.0. The van der Waals surface area contributed by atoms with Gasteiger partial charge in [-0.2, -0.15) is 13.2 Å². The Hall–Kier alpha value is -2.97. The van der Waals surface area contributed by atoms with Crippen LogP contribution in [-0.4, -0.2) is 14.5 Å². The zero-order chi connectivity index (χ0) is 21.5. The normalized spacial score (nSPS) is 15.2. The number of hydrogen-bond acceptors (Lipinski definition) is 4. The van der Waals surface area contributed by atoms with Crippen molar-refractivity contribution in [3.8, 4) is 11.4 Å². The van der Waals surface area contributed by atoms with E-state index in [0.717, 1.165) is 12.5 Å². The van der Waals surface area contributed by atoms with Gasteiger partial charge in [-0.1, -0.05) is 25.7 Å². The average molecular weight is 420 g/mol. The van der Waals surface area contributed by atoms with E-state index in [1.165, 1.54) is 31.7 Å². The fourth-order valence-electron chi connectivity index (χ4n) is 4.02. The van der Waals surface area contributed by atoms with Crippen LogP contribution >= 0.6 is 0 Å². The predicted octanol–water partition coefficient (Wildman–Crippen LogP) is 4.78. The van der Waals surface area contributed by atoms with Gasteiger partial charge in [0.25, 0.3) is 5.56 Å². The summed E-state index contributed by atoms with van der Waals surface area (Å²) in [5, 5.41) is 0.653. The minimum absolute atomic E-state index is 0.119. The number of halogens is 4. The molecule has 2 aromatic heterocycles. The summed E-state index contributed by atoms with van der Waals surface area (Å²) in [5.74, 6) is -1.24. The quantitative estimate of drug-likeness (QED) is 0.617. The van der Waals surface area contributed by atoms with Crippen LogP contribution in [0.15, 0.2) is 35.4 Å². The summed E-state index contributed by atoms with van der Waals surface area (Å²) < 4.78 is 54.8. The number of benzene rings is 1. The number of aryl methyl sites for hydroxylation is 1. The Morgan fingerprint density at radius 2 is 1.93 bits per heavy atom. The largest absolute Gasteiger partial charge is 0.421 e. The molecule has 1 aromatic carbocycles. The van der Waals surface area contributed by atoms with E-state index in [-0.39, 0.29) is 22.3 Å². The van der Waals surface area contributed by atoms with Crippen molar-refractivity contribution < 1.29 is 17.6 Å². The number of hydrogen-bond donors (Lipinski definition) is 1. The van der Waals surface area contributed by atoms with Crippen LogP contribution in [0.25, 0.3) is 22.2 Å². The first-order valence-electron chi connectivity index (χ1n) is 9.77. The summed E-state index contributed by atoms with van der Waals surface area (Å²) in [6, 6.07) is 4.12. The minimum Gasteiger partial charge on any atom is -0.383 e. The Morgan fingerprint density at radius 3 is 2.60 bits per heavy atom.